The van der Waals surface area contributed by atoms with Crippen LogP contribution in [-0.2, 0) is 0 Å². The second-order valence-electron chi connectivity index (χ2n) is 8.05. The topological polar surface area (TPSA) is 33.4 Å². The van der Waals surface area contributed by atoms with E-state index in [1.807, 2.05) is 12.4 Å². The Morgan fingerprint density at radius 1 is 1.20 bits per heavy atom. The molecular weight excluding hydrogens is 376 g/mol. The Morgan fingerprint density at radius 3 is 2.60 bits per heavy atom. The van der Waals surface area contributed by atoms with Crippen molar-refractivity contribution >= 4 is 38.4 Å². The van der Waals surface area contributed by atoms with Crippen molar-refractivity contribution in [2.45, 2.75) is 45.4 Å². The zero-order valence-corrected chi connectivity index (χ0v) is 17.0. The first kappa shape index (κ1) is 16.8. The van der Waals surface area contributed by atoms with Crippen molar-refractivity contribution in [1.29, 1.82) is 0 Å². The molecule has 1 unspecified atom stereocenters. The molecule has 1 aliphatic heterocycles. The van der Waals surface area contributed by atoms with Crippen molar-refractivity contribution in [2.24, 2.45) is 5.41 Å². The van der Waals surface area contributed by atoms with Crippen molar-refractivity contribution in [3.05, 3.63) is 35.7 Å². The Morgan fingerprint density at radius 2 is 1.92 bits per heavy atom. The van der Waals surface area contributed by atoms with Crippen molar-refractivity contribution < 1.29 is 0 Å². The number of hydrogen-bond donors (Lipinski definition) is 0. The molecule has 0 spiro atoms. The monoisotopic (exact) mass is 400 g/mol. The molecule has 1 fully saturated rings. The minimum atomic E-state index is 0.257. The van der Waals surface area contributed by atoms with Gasteiger partial charge < -0.3 is 4.90 Å². The summed E-state index contributed by atoms with van der Waals surface area (Å²) in [5, 5.41) is 1.13. The molecule has 132 valence electrons. The number of imidazole rings is 1. The normalized spacial score (nSPS) is 18.8. The van der Waals surface area contributed by atoms with Crippen molar-refractivity contribution in [1.82, 2.24) is 14.4 Å². The first-order chi connectivity index (χ1) is 11.9. The average Bonchev–Trinajstić information content (AvgIpc) is 3.03. The summed E-state index contributed by atoms with van der Waals surface area (Å²) in [7, 11) is 0. The van der Waals surface area contributed by atoms with E-state index in [-0.39, 0.29) is 4.83 Å². The second kappa shape index (κ2) is 5.97. The maximum atomic E-state index is 5.13. The van der Waals surface area contributed by atoms with Crippen LogP contribution in [0, 0.1) is 12.3 Å². The third-order valence-corrected chi connectivity index (χ3v) is 5.91. The standard InChI is InChI=1S/C20H25BrN4/c1-13-11-15(14(2)21)17-16(12-13)18-22-7-10-25(18)19(23-17)24-8-5-20(3,4)6-9-24/h7,10-12,14H,5-6,8-9H2,1-4H3. The molecule has 0 radical (unpaired) electrons. The molecule has 3 aromatic rings. The van der Waals surface area contributed by atoms with Crippen LogP contribution < -0.4 is 4.90 Å². The Bertz CT molecular complexity index is 932. The van der Waals surface area contributed by atoms with Gasteiger partial charge in [0.15, 0.2) is 0 Å². The van der Waals surface area contributed by atoms with Gasteiger partial charge in [0, 0.05) is 35.7 Å². The summed E-state index contributed by atoms with van der Waals surface area (Å²) >= 11 is 3.75. The van der Waals surface area contributed by atoms with E-state index < -0.39 is 0 Å². The number of fused-ring (bicyclic) bond motifs is 3. The Kier molecular flexibility index (Phi) is 4.02. The molecule has 1 aliphatic rings. The fourth-order valence-electron chi connectivity index (χ4n) is 3.76. The Hall–Kier alpha value is -1.62. The Balaban J connectivity index is 1.94. The third-order valence-electron chi connectivity index (χ3n) is 5.42. The highest BCUT2D eigenvalue weighted by Crippen LogP contribution is 2.35. The van der Waals surface area contributed by atoms with Gasteiger partial charge in [0.05, 0.1) is 5.52 Å². The number of halogens is 1. The van der Waals surface area contributed by atoms with Crippen LogP contribution in [0.5, 0.6) is 0 Å². The van der Waals surface area contributed by atoms with Gasteiger partial charge in [-0.2, -0.15) is 0 Å². The molecular formula is C20H25BrN4. The van der Waals surface area contributed by atoms with Gasteiger partial charge in [0.1, 0.15) is 5.65 Å². The van der Waals surface area contributed by atoms with Crippen molar-refractivity contribution in [3.63, 3.8) is 0 Å². The average molecular weight is 401 g/mol. The van der Waals surface area contributed by atoms with Gasteiger partial charge in [0.2, 0.25) is 5.95 Å². The molecule has 1 aromatic carbocycles. The number of anilines is 1. The highest BCUT2D eigenvalue weighted by molar-refractivity contribution is 9.09. The van der Waals surface area contributed by atoms with Crippen LogP contribution in [0.25, 0.3) is 16.6 Å². The maximum Gasteiger partial charge on any atom is 0.211 e. The minimum absolute atomic E-state index is 0.257. The molecule has 0 saturated carbocycles. The lowest BCUT2D eigenvalue weighted by Gasteiger charge is -2.37. The number of aryl methyl sites for hydroxylation is 1. The van der Waals surface area contributed by atoms with E-state index in [1.54, 1.807) is 0 Å². The predicted octanol–water partition coefficient (Wildman–Crippen LogP) is 5.27. The molecule has 1 atom stereocenters. The lowest BCUT2D eigenvalue weighted by Crippen LogP contribution is -2.38. The smallest absolute Gasteiger partial charge is 0.211 e. The highest BCUT2D eigenvalue weighted by atomic mass is 79.9. The number of rotatable bonds is 2. The Labute approximate surface area is 157 Å². The van der Waals surface area contributed by atoms with E-state index in [1.165, 1.54) is 24.0 Å². The van der Waals surface area contributed by atoms with Gasteiger partial charge in [-0.25, -0.2) is 9.97 Å². The number of alkyl halides is 1. The molecule has 0 bridgehead atoms. The van der Waals surface area contributed by atoms with E-state index in [4.69, 9.17) is 4.98 Å². The number of piperidine rings is 1. The molecule has 5 heteroatoms. The van der Waals surface area contributed by atoms with Crippen LogP contribution in [0.3, 0.4) is 0 Å². The SMILES string of the molecule is Cc1cc(C(C)Br)c2nc(N3CCC(C)(C)CC3)n3ccnc3c2c1. The summed E-state index contributed by atoms with van der Waals surface area (Å²) in [5.74, 6) is 1.02. The predicted molar refractivity (Wildman–Crippen MR) is 108 cm³/mol. The maximum absolute atomic E-state index is 5.13. The highest BCUT2D eigenvalue weighted by Gasteiger charge is 2.28. The number of nitrogens with zero attached hydrogens (tertiary/aromatic N) is 4. The zero-order valence-electron chi connectivity index (χ0n) is 15.4. The molecule has 4 nitrogen and oxygen atoms in total. The number of hydrogen-bond acceptors (Lipinski definition) is 3. The van der Waals surface area contributed by atoms with Crippen molar-refractivity contribution in [3.8, 4) is 0 Å². The van der Waals surface area contributed by atoms with Gasteiger partial charge in [-0.3, -0.25) is 4.40 Å². The fraction of sp³-hybridized carbons (Fsp3) is 0.500. The summed E-state index contributed by atoms with van der Waals surface area (Å²) in [6.07, 6.45) is 6.31. The molecule has 25 heavy (non-hydrogen) atoms. The first-order valence-electron chi connectivity index (χ1n) is 9.02. The van der Waals surface area contributed by atoms with Crippen LogP contribution in [0.4, 0.5) is 5.95 Å². The molecule has 1 saturated heterocycles. The van der Waals surface area contributed by atoms with Crippen molar-refractivity contribution in [2.75, 3.05) is 18.0 Å². The minimum Gasteiger partial charge on any atom is -0.342 e. The summed E-state index contributed by atoms with van der Waals surface area (Å²) in [6.45, 7) is 11.1. The summed E-state index contributed by atoms with van der Waals surface area (Å²) in [5.41, 5.74) is 4.97. The fourth-order valence-corrected chi connectivity index (χ4v) is 4.11. The molecule has 2 aromatic heterocycles. The first-order valence-corrected chi connectivity index (χ1v) is 9.94. The van der Waals surface area contributed by atoms with Crippen LogP contribution in [-0.4, -0.2) is 27.5 Å². The third kappa shape index (κ3) is 2.92. The van der Waals surface area contributed by atoms with E-state index in [2.05, 4.69) is 70.0 Å². The molecule has 0 N–H and O–H groups in total. The lowest BCUT2D eigenvalue weighted by molar-refractivity contribution is 0.278. The van der Waals surface area contributed by atoms with Gasteiger partial charge in [0.25, 0.3) is 0 Å². The summed E-state index contributed by atoms with van der Waals surface area (Å²) < 4.78 is 2.16. The molecule has 0 amide bonds. The molecule has 3 heterocycles. The van der Waals surface area contributed by atoms with Gasteiger partial charge in [-0.15, -0.1) is 0 Å². The van der Waals surface area contributed by atoms with E-state index in [0.29, 0.717) is 5.41 Å². The van der Waals surface area contributed by atoms with Crippen LogP contribution >= 0.6 is 15.9 Å². The largest absolute Gasteiger partial charge is 0.342 e. The quantitative estimate of drug-likeness (QED) is 0.549. The molecule has 4 rings (SSSR count). The molecule has 0 aliphatic carbocycles. The van der Waals surface area contributed by atoms with Gasteiger partial charge >= 0.3 is 0 Å². The number of aromatic nitrogens is 3. The van der Waals surface area contributed by atoms with E-state index in [9.17, 15) is 0 Å². The summed E-state index contributed by atoms with van der Waals surface area (Å²) in [6, 6.07) is 4.43. The number of benzene rings is 1. The van der Waals surface area contributed by atoms with E-state index in [0.717, 1.165) is 35.6 Å². The summed E-state index contributed by atoms with van der Waals surface area (Å²) in [4.78, 5) is 12.5. The van der Waals surface area contributed by atoms with Crippen LogP contribution in [0.15, 0.2) is 24.5 Å². The lowest BCUT2D eigenvalue weighted by atomic mass is 9.83. The van der Waals surface area contributed by atoms with Crippen LogP contribution in [0.2, 0.25) is 0 Å². The van der Waals surface area contributed by atoms with Crippen LogP contribution in [0.1, 0.15) is 49.6 Å². The zero-order chi connectivity index (χ0) is 17.8. The second-order valence-corrected chi connectivity index (χ2v) is 9.42. The van der Waals surface area contributed by atoms with Gasteiger partial charge in [-0.1, -0.05) is 35.8 Å². The van der Waals surface area contributed by atoms with E-state index >= 15 is 0 Å². The van der Waals surface area contributed by atoms with Gasteiger partial charge in [-0.05, 0) is 49.3 Å².